The van der Waals surface area contributed by atoms with Crippen LogP contribution in [0.25, 0.3) is 43.0 Å². The van der Waals surface area contributed by atoms with Crippen molar-refractivity contribution in [3.05, 3.63) is 108 Å². The molecule has 176 valence electrons. The van der Waals surface area contributed by atoms with E-state index in [0.29, 0.717) is 0 Å². The molecule has 1 aliphatic carbocycles. The molecule has 0 atom stereocenters. The van der Waals surface area contributed by atoms with Crippen LogP contribution in [-0.4, -0.2) is 23.1 Å². The van der Waals surface area contributed by atoms with Crippen LogP contribution in [0.1, 0.15) is 36.1 Å². The fraction of sp³-hybridized carbons (Fsp3) is 0.161. The van der Waals surface area contributed by atoms with Gasteiger partial charge in [-0.25, -0.2) is 0 Å². The monoisotopic (exact) mass is 486 g/mol. The van der Waals surface area contributed by atoms with Gasteiger partial charge in [0.1, 0.15) is 0 Å². The number of pyridine rings is 2. The van der Waals surface area contributed by atoms with Gasteiger partial charge >= 0.3 is 0 Å². The normalized spacial score (nSPS) is 15.8. The van der Waals surface area contributed by atoms with E-state index < -0.39 is 0 Å². The molecule has 5 heteroatoms. The molecule has 36 heavy (non-hydrogen) atoms. The van der Waals surface area contributed by atoms with E-state index in [-0.39, 0.29) is 5.41 Å². The van der Waals surface area contributed by atoms with Crippen LogP contribution in [0.15, 0.2) is 85.5 Å². The number of nitrogens with one attached hydrogen (secondary N) is 2. The minimum Gasteiger partial charge on any atom is -0.381 e. The second-order valence-electron chi connectivity index (χ2n) is 9.93. The van der Waals surface area contributed by atoms with Gasteiger partial charge in [0, 0.05) is 86.1 Å². The Labute approximate surface area is 214 Å². The molecular formula is C31H26N4S. The maximum absolute atomic E-state index is 4.46. The lowest BCUT2D eigenvalue weighted by molar-refractivity contribution is 0.645. The molecule has 0 saturated carbocycles. The number of hydrogen-bond donors (Lipinski definition) is 2. The highest BCUT2D eigenvalue weighted by molar-refractivity contribution is 7.23. The Morgan fingerprint density at radius 1 is 0.750 bits per heavy atom. The molecule has 0 fully saturated rings. The lowest BCUT2D eigenvalue weighted by Gasteiger charge is -2.29. The van der Waals surface area contributed by atoms with E-state index in [9.17, 15) is 0 Å². The van der Waals surface area contributed by atoms with Crippen molar-refractivity contribution >= 4 is 32.8 Å². The summed E-state index contributed by atoms with van der Waals surface area (Å²) in [5, 5.41) is 8.73. The molecule has 2 aliphatic rings. The zero-order valence-electron chi connectivity index (χ0n) is 20.3. The zero-order valence-corrected chi connectivity index (χ0v) is 21.1. The summed E-state index contributed by atoms with van der Waals surface area (Å²) in [5.74, 6) is 0. The largest absolute Gasteiger partial charge is 0.381 e. The summed E-state index contributed by atoms with van der Waals surface area (Å²) in [4.78, 5) is 10.1. The van der Waals surface area contributed by atoms with Crippen LogP contribution in [0.2, 0.25) is 0 Å². The number of fused-ring (bicyclic) bond motifs is 6. The number of hydrogen-bond acceptors (Lipinski definition) is 5. The number of aromatic nitrogens is 2. The zero-order chi connectivity index (χ0) is 24.3. The highest BCUT2D eigenvalue weighted by Crippen LogP contribution is 2.52. The molecule has 1 aliphatic heterocycles. The van der Waals surface area contributed by atoms with Crippen molar-refractivity contribution in [3.8, 4) is 21.6 Å². The summed E-state index contributed by atoms with van der Waals surface area (Å²) in [6.07, 6.45) is 7.61. The maximum Gasteiger partial charge on any atom is 0.0660 e. The maximum atomic E-state index is 4.46. The quantitative estimate of drug-likeness (QED) is 0.292. The SMILES string of the molecule is CC1(C)c2ccccc2C2=C(NCCN2)c2ccc3c(-c4cccnc4)c(-c4cccnc4)sc3c21. The number of rotatable bonds is 2. The van der Waals surface area contributed by atoms with Crippen molar-refractivity contribution in [2.24, 2.45) is 0 Å². The van der Waals surface area contributed by atoms with Gasteiger partial charge in [-0.3, -0.25) is 9.97 Å². The van der Waals surface area contributed by atoms with Gasteiger partial charge in [0.2, 0.25) is 0 Å². The average Bonchev–Trinajstić information content (AvgIpc) is 3.29. The highest BCUT2D eigenvalue weighted by Gasteiger charge is 2.37. The lowest BCUT2D eigenvalue weighted by atomic mass is 9.75. The molecule has 0 saturated heterocycles. The Morgan fingerprint density at radius 2 is 1.44 bits per heavy atom. The Hall–Kier alpha value is -3.96. The molecular weight excluding hydrogens is 460 g/mol. The number of benzene rings is 2. The van der Waals surface area contributed by atoms with E-state index in [1.54, 1.807) is 0 Å². The molecule has 2 N–H and O–H groups in total. The summed E-state index contributed by atoms with van der Waals surface area (Å²) in [6.45, 7) is 6.57. The summed E-state index contributed by atoms with van der Waals surface area (Å²) >= 11 is 1.87. The second kappa shape index (κ2) is 8.04. The van der Waals surface area contributed by atoms with E-state index in [2.05, 4.69) is 83.0 Å². The van der Waals surface area contributed by atoms with Crippen molar-refractivity contribution in [3.63, 3.8) is 0 Å². The first-order valence-electron chi connectivity index (χ1n) is 12.4. The molecule has 5 aromatic rings. The predicted molar refractivity (Wildman–Crippen MR) is 150 cm³/mol. The molecule has 4 nitrogen and oxygen atoms in total. The first kappa shape index (κ1) is 21.3. The van der Waals surface area contributed by atoms with Crippen LogP contribution in [0.3, 0.4) is 0 Å². The second-order valence-corrected chi connectivity index (χ2v) is 10.9. The van der Waals surface area contributed by atoms with Crippen molar-refractivity contribution in [1.29, 1.82) is 0 Å². The van der Waals surface area contributed by atoms with Gasteiger partial charge in [-0.2, -0.15) is 0 Å². The Balaban J connectivity index is 1.63. The van der Waals surface area contributed by atoms with E-state index in [1.807, 2.05) is 48.3 Å². The van der Waals surface area contributed by atoms with Crippen LogP contribution >= 0.6 is 11.3 Å². The molecule has 0 radical (unpaired) electrons. The third kappa shape index (κ3) is 3.06. The van der Waals surface area contributed by atoms with Gasteiger partial charge in [-0.1, -0.05) is 62.4 Å². The van der Waals surface area contributed by atoms with Gasteiger partial charge in [0.15, 0.2) is 0 Å². The first-order valence-corrected chi connectivity index (χ1v) is 13.2. The molecule has 3 aromatic heterocycles. The molecule has 0 spiro atoms. The third-order valence-electron chi connectivity index (χ3n) is 7.47. The Morgan fingerprint density at radius 3 is 2.17 bits per heavy atom. The lowest BCUT2D eigenvalue weighted by Crippen LogP contribution is -2.33. The summed E-state index contributed by atoms with van der Waals surface area (Å²) in [5.41, 5.74) is 11.0. The smallest absolute Gasteiger partial charge is 0.0660 e. The van der Waals surface area contributed by atoms with Gasteiger partial charge in [0.05, 0.1) is 11.4 Å². The first-order chi connectivity index (χ1) is 17.6. The summed E-state index contributed by atoms with van der Waals surface area (Å²) in [6, 6.07) is 21.8. The van der Waals surface area contributed by atoms with Crippen molar-refractivity contribution < 1.29 is 0 Å². The summed E-state index contributed by atoms with van der Waals surface area (Å²) in [7, 11) is 0. The van der Waals surface area contributed by atoms with Gasteiger partial charge < -0.3 is 10.6 Å². The molecule has 7 rings (SSSR count). The number of nitrogens with zero attached hydrogens (tertiary/aromatic N) is 2. The van der Waals surface area contributed by atoms with Crippen LogP contribution in [0.4, 0.5) is 0 Å². The molecule has 0 bridgehead atoms. The fourth-order valence-electron chi connectivity index (χ4n) is 5.88. The standard InChI is InChI=1S/C31H26N4S/c1-31(2)24-10-4-3-9-21(24)27-28(35-16-15-34-27)23-12-11-22-25(19-7-5-13-32-17-19)29(36-30(22)26(23)31)20-8-6-14-33-18-20/h3-14,17-18,34-35H,15-16H2,1-2H3. The predicted octanol–water partition coefficient (Wildman–Crippen LogP) is 6.68. The van der Waals surface area contributed by atoms with E-state index >= 15 is 0 Å². The van der Waals surface area contributed by atoms with Crippen molar-refractivity contribution in [1.82, 2.24) is 20.6 Å². The minimum atomic E-state index is -0.199. The fourth-order valence-corrected chi connectivity index (χ4v) is 7.40. The molecule has 4 heterocycles. The minimum absolute atomic E-state index is 0.199. The van der Waals surface area contributed by atoms with Crippen molar-refractivity contribution in [2.45, 2.75) is 19.3 Å². The van der Waals surface area contributed by atoms with Crippen LogP contribution < -0.4 is 10.6 Å². The van der Waals surface area contributed by atoms with Crippen LogP contribution in [0, 0.1) is 0 Å². The van der Waals surface area contributed by atoms with Crippen LogP contribution in [-0.2, 0) is 5.41 Å². The van der Waals surface area contributed by atoms with Gasteiger partial charge in [0.25, 0.3) is 0 Å². The summed E-state index contributed by atoms with van der Waals surface area (Å²) < 4.78 is 1.33. The topological polar surface area (TPSA) is 49.8 Å². The molecule has 0 amide bonds. The van der Waals surface area contributed by atoms with Crippen molar-refractivity contribution in [2.75, 3.05) is 13.1 Å². The molecule has 0 unspecified atom stereocenters. The van der Waals surface area contributed by atoms with Gasteiger partial charge in [-0.05, 0) is 23.3 Å². The number of thiophene rings is 1. The third-order valence-corrected chi connectivity index (χ3v) is 8.75. The van der Waals surface area contributed by atoms with E-state index in [0.717, 1.165) is 24.2 Å². The highest BCUT2D eigenvalue weighted by atomic mass is 32.1. The Bertz CT molecular complexity index is 1650. The van der Waals surface area contributed by atoms with E-state index in [4.69, 9.17) is 0 Å². The van der Waals surface area contributed by atoms with E-state index in [1.165, 1.54) is 54.2 Å². The van der Waals surface area contributed by atoms with Gasteiger partial charge in [-0.15, -0.1) is 11.3 Å². The average molecular weight is 487 g/mol. The van der Waals surface area contributed by atoms with Crippen LogP contribution in [0.5, 0.6) is 0 Å². The Kier molecular flexibility index (Phi) is 4.76. The molecule has 2 aromatic carbocycles.